The van der Waals surface area contributed by atoms with E-state index in [4.69, 9.17) is 9.72 Å². The maximum Gasteiger partial charge on any atom is 0.230 e. The van der Waals surface area contributed by atoms with Crippen molar-refractivity contribution in [2.75, 3.05) is 49.0 Å². The lowest BCUT2D eigenvalue weighted by Crippen LogP contribution is -2.28. The molecule has 0 spiro atoms. The van der Waals surface area contributed by atoms with E-state index >= 15 is 0 Å². The van der Waals surface area contributed by atoms with Crippen LogP contribution in [0.1, 0.15) is 24.0 Å². The molecule has 1 atom stereocenters. The van der Waals surface area contributed by atoms with Crippen molar-refractivity contribution >= 4 is 40.6 Å². The van der Waals surface area contributed by atoms with Gasteiger partial charge in [0.15, 0.2) is 5.60 Å². The number of nitrogens with zero attached hydrogens (tertiary/aromatic N) is 8. The van der Waals surface area contributed by atoms with Gasteiger partial charge in [0.1, 0.15) is 34.0 Å². The standard InChI is InChI=1S/C26H29N9O2S/c1-26(36,24-27-12-17-38-24)10-8-19-18-23-34(13-5-14-35(23)32-19)22-9-11-28-25(31-22)30-20-6-4-7-21(29-20)33(2)15-16-37-3/h4,6-7,9,11-12,17-18,36H,5,13-16H2,1-3H3,(H,28,29,30,31). The number of hydrogen-bond donors (Lipinski definition) is 2. The molecule has 0 aromatic carbocycles. The molecule has 196 valence electrons. The smallest absolute Gasteiger partial charge is 0.230 e. The lowest BCUT2D eigenvalue weighted by atomic mass is 10.1. The summed E-state index contributed by atoms with van der Waals surface area (Å²) in [7, 11) is 3.66. The van der Waals surface area contributed by atoms with E-state index in [2.05, 4.69) is 42.1 Å². The number of pyridine rings is 1. The first-order valence-electron chi connectivity index (χ1n) is 12.2. The summed E-state index contributed by atoms with van der Waals surface area (Å²) < 4.78 is 7.08. The molecule has 4 aromatic rings. The molecule has 12 heteroatoms. The minimum Gasteiger partial charge on any atom is -0.383 e. The van der Waals surface area contributed by atoms with Gasteiger partial charge < -0.3 is 25.0 Å². The number of aliphatic hydroxyl groups is 1. The average molecular weight is 532 g/mol. The van der Waals surface area contributed by atoms with E-state index in [1.165, 1.54) is 11.3 Å². The van der Waals surface area contributed by atoms with Gasteiger partial charge in [-0.25, -0.2) is 19.6 Å². The summed E-state index contributed by atoms with van der Waals surface area (Å²) in [6.07, 6.45) is 4.28. The zero-order valence-electron chi connectivity index (χ0n) is 21.5. The van der Waals surface area contributed by atoms with Crippen LogP contribution >= 0.6 is 11.3 Å². The summed E-state index contributed by atoms with van der Waals surface area (Å²) in [4.78, 5) is 22.1. The molecule has 0 aliphatic carbocycles. The Kier molecular flexibility index (Phi) is 7.50. The Morgan fingerprint density at radius 3 is 2.92 bits per heavy atom. The van der Waals surface area contributed by atoms with E-state index in [0.717, 1.165) is 43.5 Å². The van der Waals surface area contributed by atoms with Gasteiger partial charge in [-0.3, -0.25) is 0 Å². The summed E-state index contributed by atoms with van der Waals surface area (Å²) in [5.41, 5.74) is -0.760. The molecule has 5 heterocycles. The molecule has 0 fully saturated rings. The first kappa shape index (κ1) is 25.6. The molecule has 4 aromatic heterocycles. The fourth-order valence-corrected chi connectivity index (χ4v) is 4.65. The third-order valence-electron chi connectivity index (χ3n) is 5.98. The molecule has 5 rings (SSSR count). The highest BCUT2D eigenvalue weighted by Crippen LogP contribution is 2.29. The highest BCUT2D eigenvalue weighted by molar-refractivity contribution is 7.09. The predicted octanol–water partition coefficient (Wildman–Crippen LogP) is 3.15. The Balaban J connectivity index is 1.35. The van der Waals surface area contributed by atoms with Gasteiger partial charge in [0, 0.05) is 57.6 Å². The predicted molar refractivity (Wildman–Crippen MR) is 147 cm³/mol. The van der Waals surface area contributed by atoms with E-state index in [1.54, 1.807) is 26.4 Å². The summed E-state index contributed by atoms with van der Waals surface area (Å²) in [5.74, 6) is 9.48. The normalized spacial score (nSPS) is 14.3. The summed E-state index contributed by atoms with van der Waals surface area (Å²) in [5, 5.41) is 20.9. The molecule has 11 nitrogen and oxygen atoms in total. The van der Waals surface area contributed by atoms with E-state index < -0.39 is 5.60 Å². The molecule has 0 radical (unpaired) electrons. The van der Waals surface area contributed by atoms with Crippen LogP contribution in [0.3, 0.4) is 0 Å². The number of rotatable bonds is 8. The number of anilines is 5. The van der Waals surface area contributed by atoms with E-state index in [1.807, 2.05) is 52.3 Å². The topological polar surface area (TPSA) is 117 Å². The molecule has 1 aliphatic heterocycles. The van der Waals surface area contributed by atoms with Gasteiger partial charge in [0.05, 0.1) is 6.61 Å². The molecule has 0 saturated carbocycles. The van der Waals surface area contributed by atoms with Crippen molar-refractivity contribution in [1.29, 1.82) is 0 Å². The van der Waals surface area contributed by atoms with Crippen molar-refractivity contribution in [3.8, 4) is 11.8 Å². The Hall–Kier alpha value is -4.05. The van der Waals surface area contributed by atoms with Crippen molar-refractivity contribution in [3.05, 3.63) is 58.8 Å². The van der Waals surface area contributed by atoms with E-state index in [0.29, 0.717) is 29.1 Å². The quantitative estimate of drug-likeness (QED) is 0.328. The maximum atomic E-state index is 10.7. The maximum absolute atomic E-state index is 10.7. The van der Waals surface area contributed by atoms with Crippen LogP contribution in [0.5, 0.6) is 0 Å². The fraction of sp³-hybridized carbons (Fsp3) is 0.346. The van der Waals surface area contributed by atoms with Crippen LogP contribution in [0.25, 0.3) is 0 Å². The summed E-state index contributed by atoms with van der Waals surface area (Å²) >= 11 is 1.37. The van der Waals surface area contributed by atoms with Crippen molar-refractivity contribution in [2.24, 2.45) is 0 Å². The first-order valence-corrected chi connectivity index (χ1v) is 13.1. The Morgan fingerprint density at radius 2 is 2.11 bits per heavy atom. The van der Waals surface area contributed by atoms with Crippen molar-refractivity contribution in [1.82, 2.24) is 29.7 Å². The van der Waals surface area contributed by atoms with Crippen LogP contribution < -0.4 is 15.1 Å². The number of ether oxygens (including phenoxy) is 1. The fourth-order valence-electron chi connectivity index (χ4n) is 4.00. The average Bonchev–Trinajstić information content (AvgIpc) is 3.62. The largest absolute Gasteiger partial charge is 0.383 e. The lowest BCUT2D eigenvalue weighted by molar-refractivity contribution is 0.122. The van der Waals surface area contributed by atoms with Gasteiger partial charge in [-0.1, -0.05) is 12.0 Å². The van der Waals surface area contributed by atoms with Crippen molar-refractivity contribution < 1.29 is 9.84 Å². The highest BCUT2D eigenvalue weighted by atomic mass is 32.1. The molecule has 1 aliphatic rings. The van der Waals surface area contributed by atoms with Gasteiger partial charge >= 0.3 is 0 Å². The minimum absolute atomic E-state index is 0.447. The molecule has 0 bridgehead atoms. The lowest BCUT2D eigenvalue weighted by Gasteiger charge is -2.28. The van der Waals surface area contributed by atoms with Crippen LogP contribution in [0.4, 0.5) is 29.2 Å². The highest BCUT2D eigenvalue weighted by Gasteiger charge is 2.24. The second-order valence-corrected chi connectivity index (χ2v) is 9.83. The van der Waals surface area contributed by atoms with Gasteiger partial charge in [-0.15, -0.1) is 11.3 Å². The van der Waals surface area contributed by atoms with Crippen molar-refractivity contribution in [3.63, 3.8) is 0 Å². The van der Waals surface area contributed by atoms with Crippen LogP contribution in [0, 0.1) is 11.8 Å². The second-order valence-electron chi connectivity index (χ2n) is 8.93. The molecule has 1 unspecified atom stereocenters. The van der Waals surface area contributed by atoms with Gasteiger partial charge in [0.2, 0.25) is 5.95 Å². The number of aryl methyl sites for hydroxylation is 1. The van der Waals surface area contributed by atoms with Crippen molar-refractivity contribution in [2.45, 2.75) is 25.5 Å². The minimum atomic E-state index is -1.34. The molecule has 0 saturated heterocycles. The zero-order chi connectivity index (χ0) is 26.5. The number of aromatic nitrogens is 6. The van der Waals surface area contributed by atoms with E-state index in [9.17, 15) is 5.11 Å². The van der Waals surface area contributed by atoms with Gasteiger partial charge in [-0.05, 0) is 37.5 Å². The monoisotopic (exact) mass is 531 g/mol. The molecular weight excluding hydrogens is 502 g/mol. The Morgan fingerprint density at radius 1 is 1.21 bits per heavy atom. The van der Waals surface area contributed by atoms with E-state index in [-0.39, 0.29) is 0 Å². The van der Waals surface area contributed by atoms with Crippen LogP contribution in [0.2, 0.25) is 0 Å². The molecule has 2 N–H and O–H groups in total. The van der Waals surface area contributed by atoms with Crippen LogP contribution in [0.15, 0.2) is 48.1 Å². The van der Waals surface area contributed by atoms with Gasteiger partial charge in [0.25, 0.3) is 0 Å². The number of likely N-dealkylation sites (N-methyl/N-ethyl adjacent to an activating group) is 1. The molecule has 38 heavy (non-hydrogen) atoms. The summed E-state index contributed by atoms with van der Waals surface area (Å²) in [6, 6.07) is 9.56. The molecular formula is C26H29N9O2S. The molecule has 0 amide bonds. The third kappa shape index (κ3) is 5.75. The SMILES string of the molecule is COCCN(C)c1cccc(Nc2nccc(N3CCCn4nc(C#CC(C)(O)c5nccs5)cc43)n2)n1. The van der Waals surface area contributed by atoms with Crippen LogP contribution in [-0.2, 0) is 16.9 Å². The first-order chi connectivity index (χ1) is 18.4. The number of nitrogens with one attached hydrogen (secondary N) is 1. The summed E-state index contributed by atoms with van der Waals surface area (Å²) in [6.45, 7) is 4.55. The van der Waals surface area contributed by atoms with Gasteiger partial charge in [-0.2, -0.15) is 10.1 Å². The second kappa shape index (κ2) is 11.1. The number of hydrogen-bond acceptors (Lipinski definition) is 11. The van der Waals surface area contributed by atoms with Crippen LogP contribution in [-0.4, -0.2) is 68.7 Å². The Labute approximate surface area is 225 Å². The Bertz CT molecular complexity index is 1440. The number of fused-ring (bicyclic) bond motifs is 1. The zero-order valence-corrected chi connectivity index (χ0v) is 22.3. The third-order valence-corrected chi connectivity index (χ3v) is 6.97. The number of thiazole rings is 1. The number of methoxy groups -OCH3 is 1.